The number of hydrogen-bond acceptors (Lipinski definition) is 3. The number of carbonyl (C=O) groups excluding carboxylic acids is 1. The number of halogens is 2. The number of nitrogens with zero attached hydrogens (tertiary/aromatic N) is 4. The van der Waals surface area contributed by atoms with Crippen molar-refractivity contribution in [1.82, 2.24) is 24.9 Å². The molecule has 2 heterocycles. The van der Waals surface area contributed by atoms with Gasteiger partial charge in [0.1, 0.15) is 0 Å². The van der Waals surface area contributed by atoms with Gasteiger partial charge in [-0.05, 0) is 31.2 Å². The van der Waals surface area contributed by atoms with Gasteiger partial charge in [0.25, 0.3) is 5.91 Å². The maximum Gasteiger partial charge on any atom is 0.321 e. The van der Waals surface area contributed by atoms with Crippen LogP contribution in [0.15, 0.2) is 42.9 Å². The Morgan fingerprint density at radius 3 is 2.83 bits per heavy atom. The van der Waals surface area contributed by atoms with Crippen LogP contribution in [0.1, 0.15) is 13.8 Å². The summed E-state index contributed by atoms with van der Waals surface area (Å²) in [5.41, 5.74) is 1.76. The van der Waals surface area contributed by atoms with Crippen molar-refractivity contribution in [3.8, 4) is 5.69 Å². The van der Waals surface area contributed by atoms with Gasteiger partial charge in [-0.2, -0.15) is 19.0 Å². The van der Waals surface area contributed by atoms with Crippen LogP contribution in [0.3, 0.4) is 0 Å². The van der Waals surface area contributed by atoms with Gasteiger partial charge in [0.2, 0.25) is 0 Å². The van der Waals surface area contributed by atoms with E-state index in [1.807, 2.05) is 30.5 Å². The zero-order valence-corrected chi connectivity index (χ0v) is 13.3. The van der Waals surface area contributed by atoms with E-state index >= 15 is 0 Å². The fourth-order valence-corrected chi connectivity index (χ4v) is 2.44. The van der Waals surface area contributed by atoms with Crippen LogP contribution >= 0.6 is 0 Å². The Labute approximate surface area is 137 Å². The molecule has 1 amide bonds. The first-order valence-corrected chi connectivity index (χ1v) is 7.49. The molecule has 0 radical (unpaired) electrons. The normalized spacial score (nSPS) is 13.2. The Bertz CT molecular complexity index is 851. The van der Waals surface area contributed by atoms with Gasteiger partial charge in [0.15, 0.2) is 0 Å². The zero-order valence-electron chi connectivity index (χ0n) is 13.3. The molecule has 2 aromatic heterocycles. The predicted octanol–water partition coefficient (Wildman–Crippen LogP) is 2.38. The van der Waals surface area contributed by atoms with Crippen molar-refractivity contribution in [1.29, 1.82) is 0 Å². The first kappa shape index (κ1) is 16.1. The zero-order chi connectivity index (χ0) is 17.3. The molecule has 6 nitrogen and oxygen atoms in total. The van der Waals surface area contributed by atoms with Crippen molar-refractivity contribution < 1.29 is 13.6 Å². The van der Waals surface area contributed by atoms with E-state index in [-0.39, 0.29) is 0 Å². The van der Waals surface area contributed by atoms with E-state index in [2.05, 4.69) is 15.5 Å². The molecule has 0 aliphatic carbocycles. The molecule has 1 atom stereocenters. The number of rotatable bonds is 5. The quantitative estimate of drug-likeness (QED) is 0.780. The Hall–Kier alpha value is -2.77. The third kappa shape index (κ3) is 3.27. The van der Waals surface area contributed by atoms with Crippen LogP contribution in [0, 0.1) is 0 Å². The second-order valence-electron chi connectivity index (χ2n) is 5.78. The Morgan fingerprint density at radius 1 is 1.38 bits per heavy atom. The number of nitrogens with one attached hydrogen (secondary N) is 1. The van der Waals surface area contributed by atoms with Crippen LogP contribution in [0.4, 0.5) is 8.78 Å². The molecule has 0 fully saturated rings. The summed E-state index contributed by atoms with van der Waals surface area (Å²) in [6, 6.07) is 7.09. The van der Waals surface area contributed by atoms with Gasteiger partial charge in [0, 0.05) is 30.7 Å². The number of alkyl halides is 2. The summed E-state index contributed by atoms with van der Waals surface area (Å²) in [6.07, 6.45) is 5.24. The predicted molar refractivity (Wildman–Crippen MR) is 85.1 cm³/mol. The second-order valence-corrected chi connectivity index (χ2v) is 5.78. The molecule has 1 unspecified atom stereocenters. The van der Waals surface area contributed by atoms with Crippen LogP contribution < -0.4 is 5.32 Å². The highest BCUT2D eigenvalue weighted by Crippen LogP contribution is 2.18. The molecule has 1 N–H and O–H groups in total. The molecule has 3 rings (SSSR count). The van der Waals surface area contributed by atoms with Gasteiger partial charge in [-0.25, -0.2) is 4.68 Å². The van der Waals surface area contributed by atoms with E-state index < -0.39 is 17.9 Å². The summed E-state index contributed by atoms with van der Waals surface area (Å²) in [6.45, 7) is 2.54. The standard InChI is InChI=1S/C16H17F2N5O/c1-11(21-15(24)16(2,17)18)10-23-14-5-4-13(8-12(14)9-20-23)22-7-3-6-19-22/h3-9,11H,10H2,1-2H3,(H,21,24). The molecule has 0 aliphatic heterocycles. The minimum absolute atomic E-state index is 0.298. The van der Waals surface area contributed by atoms with E-state index in [4.69, 9.17) is 0 Å². The molecule has 3 aromatic rings. The Balaban J connectivity index is 1.77. The van der Waals surface area contributed by atoms with E-state index in [0.717, 1.165) is 16.6 Å². The SMILES string of the molecule is CC(Cn1ncc2cc(-n3cccn3)ccc21)NC(=O)C(C)(F)F. The summed E-state index contributed by atoms with van der Waals surface area (Å²) < 4.78 is 29.3. The molecule has 0 aliphatic rings. The highest BCUT2D eigenvalue weighted by Gasteiger charge is 2.32. The van der Waals surface area contributed by atoms with Crippen LogP contribution in [0.2, 0.25) is 0 Å². The lowest BCUT2D eigenvalue weighted by atomic mass is 10.2. The highest BCUT2D eigenvalue weighted by molar-refractivity contribution is 5.83. The Morgan fingerprint density at radius 2 is 2.17 bits per heavy atom. The number of benzene rings is 1. The molecule has 0 saturated carbocycles. The third-order valence-corrected chi connectivity index (χ3v) is 3.62. The molecule has 126 valence electrons. The van der Waals surface area contributed by atoms with Gasteiger partial charge in [0.05, 0.1) is 23.9 Å². The van der Waals surface area contributed by atoms with Gasteiger partial charge < -0.3 is 5.32 Å². The number of hydrogen-bond donors (Lipinski definition) is 1. The van der Waals surface area contributed by atoms with Crippen LogP contribution in [-0.2, 0) is 11.3 Å². The molecule has 24 heavy (non-hydrogen) atoms. The lowest BCUT2D eigenvalue weighted by molar-refractivity contribution is -0.143. The van der Waals surface area contributed by atoms with Crippen molar-refractivity contribution in [2.75, 3.05) is 0 Å². The van der Waals surface area contributed by atoms with Gasteiger partial charge in [-0.1, -0.05) is 0 Å². The number of fused-ring (bicyclic) bond motifs is 1. The smallest absolute Gasteiger partial charge is 0.321 e. The average molecular weight is 333 g/mol. The lowest BCUT2D eigenvalue weighted by Crippen LogP contribution is -2.44. The largest absolute Gasteiger partial charge is 0.347 e. The fraction of sp³-hybridized carbons (Fsp3) is 0.312. The lowest BCUT2D eigenvalue weighted by Gasteiger charge is -2.17. The van der Waals surface area contributed by atoms with Crippen molar-refractivity contribution >= 4 is 16.8 Å². The van der Waals surface area contributed by atoms with Gasteiger partial charge in [-0.3, -0.25) is 9.48 Å². The van der Waals surface area contributed by atoms with Crippen molar-refractivity contribution in [3.63, 3.8) is 0 Å². The van der Waals surface area contributed by atoms with Crippen molar-refractivity contribution in [2.24, 2.45) is 0 Å². The molecular formula is C16H17F2N5O. The van der Waals surface area contributed by atoms with E-state index in [1.165, 1.54) is 0 Å². The van der Waals surface area contributed by atoms with Gasteiger partial charge in [-0.15, -0.1) is 0 Å². The summed E-state index contributed by atoms with van der Waals surface area (Å²) in [4.78, 5) is 11.3. The molecule has 0 spiro atoms. The average Bonchev–Trinajstić information content (AvgIpc) is 3.15. The Kier molecular flexibility index (Phi) is 4.04. The first-order valence-electron chi connectivity index (χ1n) is 7.49. The minimum Gasteiger partial charge on any atom is -0.347 e. The molecule has 8 heteroatoms. The maximum atomic E-state index is 12.9. The van der Waals surface area contributed by atoms with Gasteiger partial charge >= 0.3 is 5.92 Å². The fourth-order valence-electron chi connectivity index (χ4n) is 2.44. The van der Waals surface area contributed by atoms with E-state index in [9.17, 15) is 13.6 Å². The third-order valence-electron chi connectivity index (χ3n) is 3.62. The summed E-state index contributed by atoms with van der Waals surface area (Å²) in [7, 11) is 0. The van der Waals surface area contributed by atoms with Crippen LogP contribution in [0.5, 0.6) is 0 Å². The van der Waals surface area contributed by atoms with Crippen molar-refractivity contribution in [2.45, 2.75) is 32.4 Å². The summed E-state index contributed by atoms with van der Waals surface area (Å²) in [5, 5.41) is 11.6. The summed E-state index contributed by atoms with van der Waals surface area (Å²) >= 11 is 0. The van der Waals surface area contributed by atoms with Crippen molar-refractivity contribution in [3.05, 3.63) is 42.9 Å². The highest BCUT2D eigenvalue weighted by atomic mass is 19.3. The van der Waals surface area contributed by atoms with Crippen LogP contribution in [0.25, 0.3) is 16.6 Å². The monoisotopic (exact) mass is 333 g/mol. The molecular weight excluding hydrogens is 316 g/mol. The number of aromatic nitrogens is 4. The number of carbonyl (C=O) groups is 1. The van der Waals surface area contributed by atoms with E-state index in [0.29, 0.717) is 13.5 Å². The molecule has 1 aromatic carbocycles. The molecule has 0 bridgehead atoms. The summed E-state index contributed by atoms with van der Waals surface area (Å²) in [5.74, 6) is -4.67. The topological polar surface area (TPSA) is 64.7 Å². The minimum atomic E-state index is -3.39. The maximum absolute atomic E-state index is 12.9. The van der Waals surface area contributed by atoms with E-state index in [1.54, 1.807) is 28.7 Å². The second kappa shape index (κ2) is 6.03. The van der Waals surface area contributed by atoms with Crippen LogP contribution in [-0.4, -0.2) is 37.4 Å². The molecule has 0 saturated heterocycles. The first-order chi connectivity index (χ1) is 11.3. The number of amides is 1.